The van der Waals surface area contributed by atoms with Crippen LogP contribution < -0.4 is 11.1 Å². The van der Waals surface area contributed by atoms with Gasteiger partial charge >= 0.3 is 0 Å². The minimum atomic E-state index is 0. The third kappa shape index (κ3) is 6.64. The van der Waals surface area contributed by atoms with Gasteiger partial charge in [-0.15, -0.1) is 24.0 Å². The monoisotopic (exact) mass is 431 g/mol. The minimum absolute atomic E-state index is 0. The highest BCUT2D eigenvalue weighted by molar-refractivity contribution is 14.0. The van der Waals surface area contributed by atoms with Crippen molar-refractivity contribution >= 4 is 35.6 Å². The van der Waals surface area contributed by atoms with Crippen LogP contribution in [0.5, 0.6) is 0 Å². The van der Waals surface area contributed by atoms with Crippen LogP contribution in [0.2, 0.25) is 0 Å². The molecule has 1 aliphatic heterocycles. The van der Waals surface area contributed by atoms with Gasteiger partial charge in [0.15, 0.2) is 5.96 Å². The number of nitrogens with two attached hydrogens (primary N) is 1. The number of rotatable bonds is 5. The Bertz CT molecular complexity index is 510. The lowest BCUT2D eigenvalue weighted by Crippen LogP contribution is -2.46. The lowest BCUT2D eigenvalue weighted by Gasteiger charge is -2.33. The van der Waals surface area contributed by atoms with Crippen molar-refractivity contribution in [1.29, 1.82) is 0 Å². The lowest BCUT2D eigenvalue weighted by atomic mass is 10.1. The molecule has 1 aromatic carbocycles. The van der Waals surface area contributed by atoms with E-state index in [0.29, 0.717) is 5.96 Å². The summed E-state index contributed by atoms with van der Waals surface area (Å²) in [4.78, 5) is 9.37. The Hall–Kier alpha value is -0.860. The first-order valence-corrected chi connectivity index (χ1v) is 8.17. The van der Waals surface area contributed by atoms with Crippen LogP contribution in [0.3, 0.4) is 0 Å². The third-order valence-electron chi connectivity index (χ3n) is 4.39. The van der Waals surface area contributed by atoms with Gasteiger partial charge < -0.3 is 16.0 Å². The number of guanidine groups is 1. The van der Waals surface area contributed by atoms with Crippen LogP contribution in [0.1, 0.15) is 18.1 Å². The molecule has 0 amide bonds. The average Bonchev–Trinajstić information content (AvgIpc) is 2.51. The molecule has 23 heavy (non-hydrogen) atoms. The topological polar surface area (TPSA) is 56.9 Å². The van der Waals surface area contributed by atoms with Crippen LogP contribution in [0.25, 0.3) is 0 Å². The van der Waals surface area contributed by atoms with Gasteiger partial charge in [-0.05, 0) is 43.7 Å². The molecule has 0 saturated carbocycles. The van der Waals surface area contributed by atoms with Gasteiger partial charge in [0.2, 0.25) is 0 Å². The number of halogens is 1. The second kappa shape index (κ2) is 10.1. The Labute approximate surface area is 157 Å². The van der Waals surface area contributed by atoms with E-state index in [1.165, 1.54) is 11.1 Å². The molecule has 0 spiro atoms. The molecule has 6 heteroatoms. The highest BCUT2D eigenvalue weighted by Gasteiger charge is 2.14. The van der Waals surface area contributed by atoms with Gasteiger partial charge in [0.25, 0.3) is 0 Å². The summed E-state index contributed by atoms with van der Waals surface area (Å²) in [5.41, 5.74) is 9.51. The van der Waals surface area contributed by atoms with E-state index in [-0.39, 0.29) is 24.0 Å². The molecule has 0 aliphatic carbocycles. The van der Waals surface area contributed by atoms with Crippen LogP contribution >= 0.6 is 24.0 Å². The summed E-state index contributed by atoms with van der Waals surface area (Å²) in [6, 6.07) is 6.23. The summed E-state index contributed by atoms with van der Waals surface area (Å²) in [6.45, 7) is 13.9. The summed E-state index contributed by atoms with van der Waals surface area (Å²) < 4.78 is 0. The van der Waals surface area contributed by atoms with Crippen molar-refractivity contribution in [1.82, 2.24) is 9.80 Å². The molecule has 1 fully saturated rings. The maximum atomic E-state index is 5.97. The number of nitrogens with one attached hydrogen (secondary N) is 1. The second-order valence-corrected chi connectivity index (χ2v) is 5.97. The number of benzene rings is 1. The molecular formula is C17H30IN5. The van der Waals surface area contributed by atoms with Gasteiger partial charge in [-0.1, -0.05) is 13.0 Å². The first-order chi connectivity index (χ1) is 10.6. The normalized spacial score (nSPS) is 16.9. The SMILES string of the molecule is CCN1CCN(CCN=C(N)Nc2ccc(C)c(C)c2)CC1.I. The van der Waals surface area contributed by atoms with Gasteiger partial charge in [-0.2, -0.15) is 0 Å². The van der Waals surface area contributed by atoms with E-state index in [1.54, 1.807) is 0 Å². The van der Waals surface area contributed by atoms with Crippen LogP contribution in [-0.4, -0.2) is 61.6 Å². The zero-order valence-corrected chi connectivity index (χ0v) is 16.8. The third-order valence-corrected chi connectivity index (χ3v) is 4.39. The molecular weight excluding hydrogens is 401 g/mol. The summed E-state index contributed by atoms with van der Waals surface area (Å²) in [5.74, 6) is 0.496. The minimum Gasteiger partial charge on any atom is -0.370 e. The Morgan fingerprint density at radius 1 is 1.13 bits per heavy atom. The van der Waals surface area contributed by atoms with Gasteiger partial charge in [0, 0.05) is 38.4 Å². The van der Waals surface area contributed by atoms with Crippen LogP contribution in [0.15, 0.2) is 23.2 Å². The average molecular weight is 431 g/mol. The van der Waals surface area contributed by atoms with Crippen molar-refractivity contribution < 1.29 is 0 Å². The van der Waals surface area contributed by atoms with Crippen molar-refractivity contribution in [2.24, 2.45) is 10.7 Å². The van der Waals surface area contributed by atoms with Crippen LogP contribution in [-0.2, 0) is 0 Å². The van der Waals surface area contributed by atoms with Gasteiger partial charge in [0.1, 0.15) is 0 Å². The van der Waals surface area contributed by atoms with E-state index in [4.69, 9.17) is 5.73 Å². The summed E-state index contributed by atoms with van der Waals surface area (Å²) in [5, 5.41) is 3.16. The molecule has 2 rings (SSSR count). The molecule has 1 aliphatic rings. The number of nitrogens with zero attached hydrogens (tertiary/aromatic N) is 3. The maximum absolute atomic E-state index is 5.97. The summed E-state index contributed by atoms with van der Waals surface area (Å²) in [6.07, 6.45) is 0. The summed E-state index contributed by atoms with van der Waals surface area (Å²) >= 11 is 0. The largest absolute Gasteiger partial charge is 0.370 e. The van der Waals surface area contributed by atoms with Crippen molar-refractivity contribution in [3.05, 3.63) is 29.3 Å². The number of hydrogen-bond donors (Lipinski definition) is 2. The fourth-order valence-electron chi connectivity index (χ4n) is 2.65. The summed E-state index contributed by atoms with van der Waals surface area (Å²) in [7, 11) is 0. The standard InChI is InChI=1S/C17H29N5.HI/c1-4-21-9-11-22(12-10-21)8-7-19-17(18)20-16-6-5-14(2)15(3)13-16;/h5-6,13H,4,7-12H2,1-3H3,(H3,18,19,20);1H. The van der Waals surface area contributed by atoms with Crippen molar-refractivity contribution in [3.8, 4) is 0 Å². The van der Waals surface area contributed by atoms with Crippen molar-refractivity contribution in [3.63, 3.8) is 0 Å². The fraction of sp³-hybridized carbons (Fsp3) is 0.588. The van der Waals surface area contributed by atoms with E-state index < -0.39 is 0 Å². The molecule has 130 valence electrons. The molecule has 0 atom stereocenters. The Morgan fingerprint density at radius 2 is 1.78 bits per heavy atom. The molecule has 0 aromatic heterocycles. The number of anilines is 1. The number of piperazine rings is 1. The fourth-order valence-corrected chi connectivity index (χ4v) is 2.65. The van der Waals surface area contributed by atoms with Crippen LogP contribution in [0, 0.1) is 13.8 Å². The predicted molar refractivity (Wildman–Crippen MR) is 110 cm³/mol. The van der Waals surface area contributed by atoms with E-state index >= 15 is 0 Å². The number of likely N-dealkylation sites (N-methyl/N-ethyl adjacent to an activating group) is 1. The van der Waals surface area contributed by atoms with Crippen LogP contribution in [0.4, 0.5) is 5.69 Å². The highest BCUT2D eigenvalue weighted by atomic mass is 127. The quantitative estimate of drug-likeness (QED) is 0.427. The molecule has 0 radical (unpaired) electrons. The highest BCUT2D eigenvalue weighted by Crippen LogP contribution is 2.13. The molecule has 3 N–H and O–H groups in total. The zero-order valence-electron chi connectivity index (χ0n) is 14.5. The van der Waals surface area contributed by atoms with E-state index in [0.717, 1.165) is 51.5 Å². The molecule has 1 heterocycles. The first kappa shape index (κ1) is 20.2. The number of hydrogen-bond acceptors (Lipinski definition) is 3. The molecule has 0 bridgehead atoms. The molecule has 1 aromatic rings. The Morgan fingerprint density at radius 3 is 2.39 bits per heavy atom. The van der Waals surface area contributed by atoms with E-state index in [1.807, 2.05) is 6.07 Å². The Kier molecular flexibility index (Phi) is 8.86. The smallest absolute Gasteiger partial charge is 0.193 e. The maximum Gasteiger partial charge on any atom is 0.193 e. The van der Waals surface area contributed by atoms with E-state index in [9.17, 15) is 0 Å². The van der Waals surface area contributed by atoms with Gasteiger partial charge in [-0.3, -0.25) is 9.89 Å². The molecule has 5 nitrogen and oxygen atoms in total. The van der Waals surface area contributed by atoms with Gasteiger partial charge in [0.05, 0.1) is 6.54 Å². The second-order valence-electron chi connectivity index (χ2n) is 5.97. The first-order valence-electron chi connectivity index (χ1n) is 8.17. The predicted octanol–water partition coefficient (Wildman–Crippen LogP) is 2.29. The Balaban J connectivity index is 0.00000264. The van der Waals surface area contributed by atoms with Crippen molar-refractivity contribution in [2.75, 3.05) is 51.1 Å². The number of aliphatic imine (C=N–C) groups is 1. The van der Waals surface area contributed by atoms with E-state index in [2.05, 4.69) is 53.0 Å². The lowest BCUT2D eigenvalue weighted by molar-refractivity contribution is 0.140. The molecule has 1 saturated heterocycles. The van der Waals surface area contributed by atoms with Crippen molar-refractivity contribution in [2.45, 2.75) is 20.8 Å². The van der Waals surface area contributed by atoms with Gasteiger partial charge in [-0.25, -0.2) is 0 Å². The number of aryl methyl sites for hydroxylation is 2. The molecule has 0 unspecified atom stereocenters. The zero-order chi connectivity index (χ0) is 15.9.